The van der Waals surface area contributed by atoms with Crippen molar-refractivity contribution in [1.29, 1.82) is 0 Å². The number of rotatable bonds is 6. The van der Waals surface area contributed by atoms with E-state index in [9.17, 15) is 5.11 Å². The second-order valence-electron chi connectivity index (χ2n) is 5.68. The van der Waals surface area contributed by atoms with Crippen LogP contribution in [0, 0.1) is 0 Å². The quantitative estimate of drug-likeness (QED) is 0.729. The van der Waals surface area contributed by atoms with Gasteiger partial charge in [0, 0.05) is 38.1 Å². The standard InChI is InChI=1S/C14H22N4O2/c1-2-15-11-7-12(18-13(17-11)10-3-4-10)16-8-14(19)5-6-20-9-14/h7,10,19H,2-6,8-9H2,1H3,(H2,15,16,17,18). The van der Waals surface area contributed by atoms with Crippen LogP contribution in [0.3, 0.4) is 0 Å². The summed E-state index contributed by atoms with van der Waals surface area (Å²) in [5, 5.41) is 16.7. The van der Waals surface area contributed by atoms with Crippen LogP contribution in [0.5, 0.6) is 0 Å². The second-order valence-corrected chi connectivity index (χ2v) is 5.68. The highest BCUT2D eigenvalue weighted by Crippen LogP contribution is 2.38. The molecule has 1 unspecified atom stereocenters. The summed E-state index contributed by atoms with van der Waals surface area (Å²) in [5.41, 5.74) is -0.775. The van der Waals surface area contributed by atoms with Crippen molar-refractivity contribution in [2.24, 2.45) is 0 Å². The second kappa shape index (κ2) is 5.54. The van der Waals surface area contributed by atoms with E-state index in [1.54, 1.807) is 0 Å². The molecule has 0 spiro atoms. The van der Waals surface area contributed by atoms with Crippen LogP contribution in [0.15, 0.2) is 6.07 Å². The topological polar surface area (TPSA) is 79.3 Å². The van der Waals surface area contributed by atoms with Crippen molar-refractivity contribution in [3.8, 4) is 0 Å². The molecule has 1 aromatic rings. The largest absolute Gasteiger partial charge is 0.386 e. The van der Waals surface area contributed by atoms with Crippen LogP contribution < -0.4 is 10.6 Å². The third-order valence-corrected chi connectivity index (χ3v) is 3.72. The molecule has 0 aromatic carbocycles. The van der Waals surface area contributed by atoms with E-state index >= 15 is 0 Å². The van der Waals surface area contributed by atoms with Gasteiger partial charge in [-0.3, -0.25) is 0 Å². The normalized spacial score (nSPS) is 25.7. The van der Waals surface area contributed by atoms with Crippen molar-refractivity contribution < 1.29 is 9.84 Å². The van der Waals surface area contributed by atoms with E-state index < -0.39 is 5.60 Å². The third-order valence-electron chi connectivity index (χ3n) is 3.72. The molecule has 1 aliphatic heterocycles. The summed E-state index contributed by atoms with van der Waals surface area (Å²) in [6.45, 7) is 4.35. The maximum Gasteiger partial charge on any atom is 0.136 e. The van der Waals surface area contributed by atoms with Gasteiger partial charge >= 0.3 is 0 Å². The van der Waals surface area contributed by atoms with Gasteiger partial charge in [0.05, 0.1) is 6.61 Å². The van der Waals surface area contributed by atoms with Crippen molar-refractivity contribution in [3.05, 3.63) is 11.9 Å². The van der Waals surface area contributed by atoms with Crippen molar-refractivity contribution in [2.75, 3.05) is 36.9 Å². The van der Waals surface area contributed by atoms with Gasteiger partial charge in [0.15, 0.2) is 0 Å². The summed E-state index contributed by atoms with van der Waals surface area (Å²) < 4.78 is 5.25. The number of anilines is 2. The minimum Gasteiger partial charge on any atom is -0.386 e. The predicted octanol–water partition coefficient (Wildman–Crippen LogP) is 1.35. The Morgan fingerprint density at radius 3 is 2.70 bits per heavy atom. The van der Waals surface area contributed by atoms with E-state index in [1.807, 2.05) is 13.0 Å². The number of hydrogen-bond acceptors (Lipinski definition) is 6. The molecule has 0 bridgehead atoms. The van der Waals surface area contributed by atoms with Gasteiger partial charge in [0.2, 0.25) is 0 Å². The van der Waals surface area contributed by atoms with E-state index in [1.165, 1.54) is 12.8 Å². The molecule has 3 N–H and O–H groups in total. The Bertz CT molecular complexity index is 470. The van der Waals surface area contributed by atoms with Crippen LogP contribution in [-0.4, -0.2) is 47.0 Å². The molecule has 20 heavy (non-hydrogen) atoms. The molecule has 1 atom stereocenters. The molecule has 1 aliphatic carbocycles. The molecule has 1 saturated carbocycles. The Hall–Kier alpha value is -1.40. The first-order valence-corrected chi connectivity index (χ1v) is 7.35. The molecule has 6 nitrogen and oxygen atoms in total. The maximum atomic E-state index is 10.3. The lowest BCUT2D eigenvalue weighted by molar-refractivity contribution is 0.0381. The molecule has 1 aromatic heterocycles. The van der Waals surface area contributed by atoms with Gasteiger partial charge in [0.1, 0.15) is 23.1 Å². The average molecular weight is 278 g/mol. The van der Waals surface area contributed by atoms with E-state index in [2.05, 4.69) is 20.6 Å². The first-order chi connectivity index (χ1) is 9.68. The Labute approximate surface area is 119 Å². The zero-order chi connectivity index (χ0) is 14.0. The number of aliphatic hydroxyl groups is 1. The summed E-state index contributed by atoms with van der Waals surface area (Å²) in [6, 6.07) is 1.90. The molecule has 1 saturated heterocycles. The van der Waals surface area contributed by atoms with Crippen LogP contribution in [-0.2, 0) is 4.74 Å². The molecule has 2 aliphatic rings. The van der Waals surface area contributed by atoms with E-state index in [0.29, 0.717) is 32.1 Å². The molecule has 0 radical (unpaired) electrons. The smallest absolute Gasteiger partial charge is 0.136 e. The Morgan fingerprint density at radius 1 is 1.35 bits per heavy atom. The highest BCUT2D eigenvalue weighted by atomic mass is 16.5. The molecule has 3 rings (SSSR count). The van der Waals surface area contributed by atoms with E-state index in [4.69, 9.17) is 4.74 Å². The Balaban J connectivity index is 1.70. The fourth-order valence-corrected chi connectivity index (χ4v) is 2.34. The lowest BCUT2D eigenvalue weighted by Gasteiger charge is -2.21. The zero-order valence-corrected chi connectivity index (χ0v) is 11.9. The summed E-state index contributed by atoms with van der Waals surface area (Å²) in [7, 11) is 0. The Morgan fingerprint density at radius 2 is 2.10 bits per heavy atom. The van der Waals surface area contributed by atoms with Crippen molar-refractivity contribution in [3.63, 3.8) is 0 Å². The monoisotopic (exact) mass is 278 g/mol. The summed E-state index contributed by atoms with van der Waals surface area (Å²) in [5.74, 6) is 3.03. The summed E-state index contributed by atoms with van der Waals surface area (Å²) >= 11 is 0. The number of aromatic nitrogens is 2. The van der Waals surface area contributed by atoms with Crippen molar-refractivity contribution in [2.45, 2.75) is 37.7 Å². The first kappa shape index (κ1) is 13.6. The maximum absolute atomic E-state index is 10.3. The van der Waals surface area contributed by atoms with Crippen molar-refractivity contribution >= 4 is 11.6 Å². The van der Waals surface area contributed by atoms with Crippen LogP contribution in [0.1, 0.15) is 37.9 Å². The number of nitrogens with zero attached hydrogens (tertiary/aromatic N) is 2. The first-order valence-electron chi connectivity index (χ1n) is 7.35. The number of hydrogen-bond donors (Lipinski definition) is 3. The van der Waals surface area contributed by atoms with Gasteiger partial charge in [-0.05, 0) is 19.8 Å². The molecular weight excluding hydrogens is 256 g/mol. The van der Waals surface area contributed by atoms with Gasteiger partial charge in [-0.1, -0.05) is 0 Å². The minimum atomic E-state index is -0.775. The molecule has 2 fully saturated rings. The van der Waals surface area contributed by atoms with E-state index in [0.717, 1.165) is 24.0 Å². The lowest BCUT2D eigenvalue weighted by atomic mass is 10.0. The van der Waals surface area contributed by atoms with Crippen LogP contribution in [0.2, 0.25) is 0 Å². The fourth-order valence-electron chi connectivity index (χ4n) is 2.34. The van der Waals surface area contributed by atoms with Gasteiger partial charge in [-0.2, -0.15) is 0 Å². The van der Waals surface area contributed by atoms with Gasteiger partial charge in [0.25, 0.3) is 0 Å². The van der Waals surface area contributed by atoms with Crippen LogP contribution in [0.4, 0.5) is 11.6 Å². The molecule has 0 amide bonds. The molecule has 110 valence electrons. The molecule has 6 heteroatoms. The van der Waals surface area contributed by atoms with Gasteiger partial charge in [-0.15, -0.1) is 0 Å². The minimum absolute atomic E-state index is 0.390. The highest BCUT2D eigenvalue weighted by Gasteiger charge is 2.32. The number of nitrogens with one attached hydrogen (secondary N) is 2. The summed E-state index contributed by atoms with van der Waals surface area (Å²) in [4.78, 5) is 9.09. The van der Waals surface area contributed by atoms with E-state index in [-0.39, 0.29) is 0 Å². The SMILES string of the molecule is CCNc1cc(NCC2(O)CCOC2)nc(C2CC2)n1. The van der Waals surface area contributed by atoms with Gasteiger partial charge < -0.3 is 20.5 Å². The highest BCUT2D eigenvalue weighted by molar-refractivity contribution is 5.48. The lowest BCUT2D eigenvalue weighted by Crippen LogP contribution is -2.37. The molecular formula is C14H22N4O2. The van der Waals surface area contributed by atoms with Crippen LogP contribution in [0.25, 0.3) is 0 Å². The van der Waals surface area contributed by atoms with Gasteiger partial charge in [-0.25, -0.2) is 9.97 Å². The average Bonchev–Trinajstić information content (AvgIpc) is 3.20. The zero-order valence-electron chi connectivity index (χ0n) is 11.9. The summed E-state index contributed by atoms with van der Waals surface area (Å²) in [6.07, 6.45) is 3.01. The Kier molecular flexibility index (Phi) is 3.76. The van der Waals surface area contributed by atoms with Crippen molar-refractivity contribution in [1.82, 2.24) is 9.97 Å². The fraction of sp³-hybridized carbons (Fsp3) is 0.714. The molecule has 2 heterocycles. The van der Waals surface area contributed by atoms with Crippen LogP contribution >= 0.6 is 0 Å². The predicted molar refractivity (Wildman–Crippen MR) is 77.0 cm³/mol. The third kappa shape index (κ3) is 3.19. The number of ether oxygens (including phenoxy) is 1.